The van der Waals surface area contributed by atoms with Gasteiger partial charge in [0.05, 0.1) is 12.8 Å². The Hall–Kier alpha value is -2.24. The third-order valence-corrected chi connectivity index (χ3v) is 4.70. The molecule has 0 saturated carbocycles. The Labute approximate surface area is 162 Å². The standard InChI is InChI=1S/C19H20Cl2N2O3/c1-11-5-6-14(8-15(11)20)22-19(25)10-23(13(3)24)17-7-12(2)16(21)9-18(17)26-4/h5-9H,10H2,1-4H3,(H,22,25). The van der Waals surface area contributed by atoms with Crippen molar-refractivity contribution in [2.45, 2.75) is 20.8 Å². The van der Waals surface area contributed by atoms with E-state index in [0.717, 1.165) is 11.1 Å². The van der Waals surface area contributed by atoms with E-state index in [2.05, 4.69) is 5.32 Å². The van der Waals surface area contributed by atoms with Crippen molar-refractivity contribution in [3.63, 3.8) is 0 Å². The molecule has 0 radical (unpaired) electrons. The van der Waals surface area contributed by atoms with Crippen LogP contribution in [-0.2, 0) is 9.59 Å². The highest BCUT2D eigenvalue weighted by atomic mass is 35.5. The topological polar surface area (TPSA) is 58.6 Å². The van der Waals surface area contributed by atoms with Crippen LogP contribution in [0.2, 0.25) is 10.0 Å². The van der Waals surface area contributed by atoms with Crippen molar-refractivity contribution in [2.75, 3.05) is 23.9 Å². The van der Waals surface area contributed by atoms with E-state index >= 15 is 0 Å². The van der Waals surface area contributed by atoms with Gasteiger partial charge in [-0.05, 0) is 43.2 Å². The van der Waals surface area contributed by atoms with Gasteiger partial charge in [0.15, 0.2) is 0 Å². The number of rotatable bonds is 5. The van der Waals surface area contributed by atoms with E-state index in [1.54, 1.807) is 24.3 Å². The quantitative estimate of drug-likeness (QED) is 0.805. The Balaban J connectivity index is 2.25. The fourth-order valence-electron chi connectivity index (χ4n) is 2.40. The second kappa shape index (κ2) is 8.43. The molecule has 0 heterocycles. The fourth-order valence-corrected chi connectivity index (χ4v) is 2.74. The average Bonchev–Trinajstić information content (AvgIpc) is 2.58. The monoisotopic (exact) mass is 394 g/mol. The van der Waals surface area contributed by atoms with Crippen LogP contribution in [-0.4, -0.2) is 25.5 Å². The summed E-state index contributed by atoms with van der Waals surface area (Å²) in [5, 5.41) is 3.82. The second-order valence-electron chi connectivity index (χ2n) is 5.89. The van der Waals surface area contributed by atoms with Crippen LogP contribution in [0.5, 0.6) is 5.75 Å². The fraction of sp³-hybridized carbons (Fsp3) is 0.263. The summed E-state index contributed by atoms with van der Waals surface area (Å²) in [6.07, 6.45) is 0. The number of hydrogen-bond donors (Lipinski definition) is 1. The summed E-state index contributed by atoms with van der Waals surface area (Å²) < 4.78 is 5.31. The zero-order valence-corrected chi connectivity index (χ0v) is 16.5. The van der Waals surface area contributed by atoms with Crippen LogP contribution in [0.1, 0.15) is 18.1 Å². The Bertz CT molecular complexity index is 853. The first-order chi connectivity index (χ1) is 12.2. The Morgan fingerprint density at radius 2 is 1.73 bits per heavy atom. The predicted molar refractivity (Wildman–Crippen MR) is 106 cm³/mol. The lowest BCUT2D eigenvalue weighted by Gasteiger charge is -2.23. The first-order valence-electron chi connectivity index (χ1n) is 7.91. The molecule has 0 aliphatic heterocycles. The van der Waals surface area contributed by atoms with Crippen LogP contribution < -0.4 is 15.0 Å². The lowest BCUT2D eigenvalue weighted by Crippen LogP contribution is -2.37. The molecule has 2 aromatic carbocycles. The number of anilines is 2. The molecule has 0 atom stereocenters. The number of benzene rings is 2. The summed E-state index contributed by atoms with van der Waals surface area (Å²) >= 11 is 12.2. The maximum absolute atomic E-state index is 12.4. The normalized spacial score (nSPS) is 10.4. The van der Waals surface area contributed by atoms with Crippen molar-refractivity contribution in [3.8, 4) is 5.75 Å². The first kappa shape index (κ1) is 20.1. The number of carbonyl (C=O) groups excluding carboxylic acids is 2. The molecule has 0 saturated heterocycles. The molecule has 2 rings (SSSR count). The number of aryl methyl sites for hydroxylation is 2. The molecule has 0 aliphatic carbocycles. The molecule has 0 aromatic heterocycles. The number of halogens is 2. The maximum Gasteiger partial charge on any atom is 0.244 e. The van der Waals surface area contributed by atoms with Crippen LogP contribution in [0.25, 0.3) is 0 Å². The van der Waals surface area contributed by atoms with E-state index in [1.165, 1.54) is 18.9 Å². The first-order valence-corrected chi connectivity index (χ1v) is 8.66. The molecule has 0 spiro atoms. The molecule has 0 fully saturated rings. The van der Waals surface area contributed by atoms with Gasteiger partial charge in [0, 0.05) is 28.7 Å². The second-order valence-corrected chi connectivity index (χ2v) is 6.70. The minimum atomic E-state index is -0.352. The van der Waals surface area contributed by atoms with E-state index in [-0.39, 0.29) is 18.4 Å². The van der Waals surface area contributed by atoms with E-state index in [0.29, 0.717) is 27.2 Å². The van der Waals surface area contributed by atoms with Crippen LogP contribution in [0, 0.1) is 13.8 Å². The summed E-state index contributed by atoms with van der Waals surface area (Å²) in [6.45, 7) is 4.91. The van der Waals surface area contributed by atoms with Crippen molar-refractivity contribution in [1.82, 2.24) is 0 Å². The van der Waals surface area contributed by atoms with Crippen LogP contribution >= 0.6 is 23.2 Å². The number of amides is 2. The maximum atomic E-state index is 12.4. The zero-order chi connectivity index (χ0) is 19.4. The lowest BCUT2D eigenvalue weighted by atomic mass is 10.1. The summed E-state index contributed by atoms with van der Waals surface area (Å²) in [4.78, 5) is 25.9. The molecule has 5 nitrogen and oxygen atoms in total. The van der Waals surface area contributed by atoms with Gasteiger partial charge in [-0.15, -0.1) is 0 Å². The van der Waals surface area contributed by atoms with Crippen molar-refractivity contribution >= 4 is 46.4 Å². The van der Waals surface area contributed by atoms with E-state index in [9.17, 15) is 9.59 Å². The lowest BCUT2D eigenvalue weighted by molar-refractivity contribution is -0.120. The highest BCUT2D eigenvalue weighted by molar-refractivity contribution is 6.32. The molecule has 0 bridgehead atoms. The number of methoxy groups -OCH3 is 1. The van der Waals surface area contributed by atoms with Gasteiger partial charge in [-0.2, -0.15) is 0 Å². The summed E-state index contributed by atoms with van der Waals surface area (Å²) in [5.41, 5.74) is 2.74. The number of nitrogens with zero attached hydrogens (tertiary/aromatic N) is 1. The van der Waals surface area contributed by atoms with Gasteiger partial charge in [0.2, 0.25) is 11.8 Å². The highest BCUT2D eigenvalue weighted by Gasteiger charge is 2.21. The summed E-state index contributed by atoms with van der Waals surface area (Å²) in [6, 6.07) is 8.58. The Kier molecular flexibility index (Phi) is 6.51. The minimum absolute atomic E-state index is 0.168. The minimum Gasteiger partial charge on any atom is -0.495 e. The number of hydrogen-bond acceptors (Lipinski definition) is 3. The molecule has 0 unspecified atom stereocenters. The SMILES string of the molecule is COc1cc(Cl)c(C)cc1N(CC(=O)Nc1ccc(C)c(Cl)c1)C(C)=O. The van der Waals surface area contributed by atoms with Gasteiger partial charge in [-0.3, -0.25) is 14.5 Å². The Morgan fingerprint density at radius 1 is 1.08 bits per heavy atom. The summed E-state index contributed by atoms with van der Waals surface area (Å²) in [5.74, 6) is -0.223. The molecule has 7 heteroatoms. The molecule has 0 aliphatic rings. The molecule has 2 aromatic rings. The largest absolute Gasteiger partial charge is 0.495 e. The number of ether oxygens (including phenoxy) is 1. The third-order valence-electron chi connectivity index (χ3n) is 3.89. The van der Waals surface area contributed by atoms with Crippen molar-refractivity contribution in [1.29, 1.82) is 0 Å². The number of nitrogens with one attached hydrogen (secondary N) is 1. The van der Waals surface area contributed by atoms with Gasteiger partial charge in [-0.1, -0.05) is 29.3 Å². The molecular formula is C19H20Cl2N2O3. The van der Waals surface area contributed by atoms with Gasteiger partial charge >= 0.3 is 0 Å². The molecular weight excluding hydrogens is 375 g/mol. The molecule has 26 heavy (non-hydrogen) atoms. The highest BCUT2D eigenvalue weighted by Crippen LogP contribution is 2.34. The molecule has 138 valence electrons. The zero-order valence-electron chi connectivity index (χ0n) is 15.0. The van der Waals surface area contributed by atoms with E-state index < -0.39 is 0 Å². The van der Waals surface area contributed by atoms with Crippen LogP contribution in [0.3, 0.4) is 0 Å². The Morgan fingerprint density at radius 3 is 2.31 bits per heavy atom. The van der Waals surface area contributed by atoms with Crippen molar-refractivity contribution in [3.05, 3.63) is 51.5 Å². The molecule has 2 amide bonds. The van der Waals surface area contributed by atoms with Crippen LogP contribution in [0.4, 0.5) is 11.4 Å². The average molecular weight is 395 g/mol. The third kappa shape index (κ3) is 4.68. The van der Waals surface area contributed by atoms with Gasteiger partial charge in [0.25, 0.3) is 0 Å². The van der Waals surface area contributed by atoms with E-state index in [4.69, 9.17) is 27.9 Å². The molecule has 1 N–H and O–H groups in total. The predicted octanol–water partition coefficient (Wildman–Crippen LogP) is 4.61. The van der Waals surface area contributed by atoms with Crippen LogP contribution in [0.15, 0.2) is 30.3 Å². The smallest absolute Gasteiger partial charge is 0.244 e. The van der Waals surface area contributed by atoms with Gasteiger partial charge in [0.1, 0.15) is 12.3 Å². The van der Waals surface area contributed by atoms with Crippen molar-refractivity contribution in [2.24, 2.45) is 0 Å². The van der Waals surface area contributed by atoms with Gasteiger partial charge < -0.3 is 10.1 Å². The van der Waals surface area contributed by atoms with E-state index in [1.807, 2.05) is 19.9 Å². The number of carbonyl (C=O) groups is 2. The van der Waals surface area contributed by atoms with Crippen molar-refractivity contribution < 1.29 is 14.3 Å². The van der Waals surface area contributed by atoms with Gasteiger partial charge in [-0.25, -0.2) is 0 Å². The summed E-state index contributed by atoms with van der Waals surface area (Å²) in [7, 11) is 1.48.